The summed E-state index contributed by atoms with van der Waals surface area (Å²) < 4.78 is 0. The normalized spacial score (nSPS) is 30.0. The van der Waals surface area contributed by atoms with Crippen molar-refractivity contribution in [2.24, 2.45) is 5.92 Å². The van der Waals surface area contributed by atoms with Gasteiger partial charge in [-0.2, -0.15) is 0 Å². The van der Waals surface area contributed by atoms with Gasteiger partial charge < -0.3 is 10.2 Å². The van der Waals surface area contributed by atoms with Crippen LogP contribution in [0, 0.1) is 5.92 Å². The lowest BCUT2D eigenvalue weighted by molar-refractivity contribution is 0.418. The first-order chi connectivity index (χ1) is 5.79. The molecule has 0 aliphatic carbocycles. The Hall–Kier alpha value is -0.0800. The highest BCUT2D eigenvalue weighted by atomic mass is 15.1. The molecule has 0 aromatic heterocycles. The predicted molar refractivity (Wildman–Crippen MR) is 53.4 cm³/mol. The SMILES string of the molecule is CN1CCCC1.C[C@@H]1CCNC1. The molecule has 2 fully saturated rings. The molecule has 0 radical (unpaired) electrons. The van der Waals surface area contributed by atoms with Crippen LogP contribution in [0.15, 0.2) is 0 Å². The first-order valence-electron chi connectivity index (χ1n) is 5.18. The lowest BCUT2D eigenvalue weighted by atomic mass is 10.2. The average Bonchev–Trinajstić information content (AvgIpc) is 2.63. The molecule has 1 atom stereocenters. The molecule has 2 aliphatic rings. The zero-order valence-corrected chi connectivity index (χ0v) is 8.47. The fraction of sp³-hybridized carbons (Fsp3) is 1.00. The fourth-order valence-electron chi connectivity index (χ4n) is 1.67. The number of likely N-dealkylation sites (tertiary alicyclic amines) is 1. The van der Waals surface area contributed by atoms with Gasteiger partial charge in [-0.15, -0.1) is 0 Å². The average molecular weight is 170 g/mol. The zero-order chi connectivity index (χ0) is 8.81. The zero-order valence-electron chi connectivity index (χ0n) is 8.47. The van der Waals surface area contributed by atoms with Gasteiger partial charge in [-0.05, 0) is 58.4 Å². The molecule has 0 spiro atoms. The molecule has 1 N–H and O–H groups in total. The van der Waals surface area contributed by atoms with E-state index in [0.29, 0.717) is 0 Å². The van der Waals surface area contributed by atoms with Crippen LogP contribution >= 0.6 is 0 Å². The van der Waals surface area contributed by atoms with Crippen molar-refractivity contribution >= 4 is 0 Å². The van der Waals surface area contributed by atoms with Gasteiger partial charge in [-0.1, -0.05) is 6.92 Å². The highest BCUT2D eigenvalue weighted by molar-refractivity contribution is 4.65. The van der Waals surface area contributed by atoms with Crippen molar-refractivity contribution in [3.63, 3.8) is 0 Å². The minimum absolute atomic E-state index is 0.935. The number of nitrogens with zero attached hydrogens (tertiary/aromatic N) is 1. The third-order valence-corrected chi connectivity index (χ3v) is 2.64. The van der Waals surface area contributed by atoms with E-state index in [1.54, 1.807) is 0 Å². The minimum Gasteiger partial charge on any atom is -0.316 e. The van der Waals surface area contributed by atoms with Crippen molar-refractivity contribution in [3.05, 3.63) is 0 Å². The lowest BCUT2D eigenvalue weighted by Crippen LogP contribution is -2.10. The summed E-state index contributed by atoms with van der Waals surface area (Å²) in [6.07, 6.45) is 4.20. The topological polar surface area (TPSA) is 15.3 Å². The van der Waals surface area contributed by atoms with Gasteiger partial charge in [-0.25, -0.2) is 0 Å². The Bertz CT molecular complexity index is 88.4. The van der Waals surface area contributed by atoms with Crippen LogP contribution in [-0.2, 0) is 0 Å². The van der Waals surface area contributed by atoms with Gasteiger partial charge in [-0.3, -0.25) is 0 Å². The van der Waals surface area contributed by atoms with Gasteiger partial charge in [0, 0.05) is 0 Å². The molecular formula is C10H22N2. The van der Waals surface area contributed by atoms with Crippen molar-refractivity contribution in [1.29, 1.82) is 0 Å². The minimum atomic E-state index is 0.935. The summed E-state index contributed by atoms with van der Waals surface area (Å²) in [5, 5.41) is 3.27. The van der Waals surface area contributed by atoms with Gasteiger partial charge in [0.25, 0.3) is 0 Å². The van der Waals surface area contributed by atoms with Gasteiger partial charge in [0.1, 0.15) is 0 Å². The molecule has 0 unspecified atom stereocenters. The lowest BCUT2D eigenvalue weighted by Gasteiger charge is -2.01. The van der Waals surface area contributed by atoms with Gasteiger partial charge in [0.15, 0.2) is 0 Å². The van der Waals surface area contributed by atoms with Crippen molar-refractivity contribution in [2.75, 3.05) is 33.2 Å². The van der Waals surface area contributed by atoms with Gasteiger partial charge in [0.2, 0.25) is 0 Å². The summed E-state index contributed by atoms with van der Waals surface area (Å²) in [5.41, 5.74) is 0. The van der Waals surface area contributed by atoms with Crippen LogP contribution < -0.4 is 5.32 Å². The quantitative estimate of drug-likeness (QED) is 0.590. The third kappa shape index (κ3) is 4.07. The van der Waals surface area contributed by atoms with E-state index in [2.05, 4.69) is 24.2 Å². The summed E-state index contributed by atoms with van der Waals surface area (Å²) >= 11 is 0. The third-order valence-electron chi connectivity index (χ3n) is 2.64. The van der Waals surface area contributed by atoms with Crippen molar-refractivity contribution in [1.82, 2.24) is 10.2 Å². The summed E-state index contributed by atoms with van der Waals surface area (Å²) in [5.74, 6) is 0.935. The molecule has 2 heterocycles. The first kappa shape index (κ1) is 10.0. The summed E-state index contributed by atoms with van der Waals surface area (Å²) in [6.45, 7) is 7.39. The second-order valence-corrected chi connectivity index (χ2v) is 4.11. The molecule has 2 rings (SSSR count). The predicted octanol–water partition coefficient (Wildman–Crippen LogP) is 1.33. The number of hydrogen-bond donors (Lipinski definition) is 1. The van der Waals surface area contributed by atoms with Crippen LogP contribution in [0.3, 0.4) is 0 Å². The summed E-state index contributed by atoms with van der Waals surface area (Å²) in [4.78, 5) is 2.36. The first-order valence-corrected chi connectivity index (χ1v) is 5.18. The van der Waals surface area contributed by atoms with Crippen LogP contribution in [0.2, 0.25) is 0 Å². The summed E-state index contributed by atoms with van der Waals surface area (Å²) in [7, 11) is 2.17. The van der Waals surface area contributed by atoms with E-state index in [-0.39, 0.29) is 0 Å². The summed E-state index contributed by atoms with van der Waals surface area (Å²) in [6, 6.07) is 0. The van der Waals surface area contributed by atoms with Crippen LogP contribution in [0.5, 0.6) is 0 Å². The second kappa shape index (κ2) is 5.55. The van der Waals surface area contributed by atoms with E-state index in [9.17, 15) is 0 Å². The van der Waals surface area contributed by atoms with Crippen molar-refractivity contribution < 1.29 is 0 Å². The van der Waals surface area contributed by atoms with Crippen LogP contribution in [0.1, 0.15) is 26.2 Å². The van der Waals surface area contributed by atoms with Crippen LogP contribution in [0.4, 0.5) is 0 Å². The van der Waals surface area contributed by atoms with Crippen molar-refractivity contribution in [3.8, 4) is 0 Å². The molecule has 12 heavy (non-hydrogen) atoms. The molecular weight excluding hydrogens is 148 g/mol. The van der Waals surface area contributed by atoms with Crippen LogP contribution in [0.25, 0.3) is 0 Å². The Morgan fingerprint density at radius 3 is 2.08 bits per heavy atom. The van der Waals surface area contributed by atoms with Crippen molar-refractivity contribution in [2.45, 2.75) is 26.2 Å². The monoisotopic (exact) mass is 170 g/mol. The molecule has 0 amide bonds. The Kier molecular flexibility index (Phi) is 4.62. The van der Waals surface area contributed by atoms with Crippen LogP contribution in [-0.4, -0.2) is 38.1 Å². The molecule has 0 bridgehead atoms. The second-order valence-electron chi connectivity index (χ2n) is 4.11. The highest BCUT2D eigenvalue weighted by Crippen LogP contribution is 2.03. The molecule has 0 saturated carbocycles. The smallest absolute Gasteiger partial charge is 0.00213 e. The highest BCUT2D eigenvalue weighted by Gasteiger charge is 2.06. The fourth-order valence-corrected chi connectivity index (χ4v) is 1.67. The molecule has 2 aliphatic heterocycles. The number of hydrogen-bond acceptors (Lipinski definition) is 2. The van der Waals surface area contributed by atoms with E-state index in [0.717, 1.165) is 5.92 Å². The Balaban J connectivity index is 0.000000120. The molecule has 0 aromatic rings. The molecule has 2 nitrogen and oxygen atoms in total. The standard InChI is InChI=1S/2C5H11N/c1-5-2-3-6-4-5;1-6-4-2-3-5-6/h5-6H,2-4H2,1H3;2-5H2,1H3/t5-;/m1./s1. The molecule has 72 valence electrons. The maximum absolute atomic E-state index is 3.27. The van der Waals surface area contributed by atoms with E-state index in [1.807, 2.05) is 0 Å². The number of nitrogens with one attached hydrogen (secondary N) is 1. The maximum atomic E-state index is 3.27. The van der Waals surface area contributed by atoms with Gasteiger partial charge in [0.05, 0.1) is 0 Å². The Labute approximate surface area is 76.3 Å². The van der Waals surface area contributed by atoms with E-state index >= 15 is 0 Å². The van der Waals surface area contributed by atoms with E-state index in [4.69, 9.17) is 0 Å². The molecule has 2 heteroatoms. The Morgan fingerprint density at radius 1 is 1.25 bits per heavy atom. The molecule has 2 saturated heterocycles. The van der Waals surface area contributed by atoms with Gasteiger partial charge >= 0.3 is 0 Å². The van der Waals surface area contributed by atoms with E-state index in [1.165, 1.54) is 45.4 Å². The largest absolute Gasteiger partial charge is 0.316 e. The Morgan fingerprint density at radius 2 is 1.92 bits per heavy atom. The molecule has 0 aromatic carbocycles. The maximum Gasteiger partial charge on any atom is -0.00213 e. The number of rotatable bonds is 0. The van der Waals surface area contributed by atoms with E-state index < -0.39 is 0 Å².